The molecule has 0 saturated heterocycles. The van der Waals surface area contributed by atoms with Crippen LogP contribution in [-0.2, 0) is 11.2 Å². The average molecular weight is 196 g/mol. The van der Waals surface area contributed by atoms with Crippen molar-refractivity contribution in [3.8, 4) is 5.75 Å². The van der Waals surface area contributed by atoms with Gasteiger partial charge in [-0.1, -0.05) is 6.92 Å². The minimum absolute atomic E-state index is 0.152. The highest BCUT2D eigenvalue weighted by Gasteiger charge is 2.11. The van der Waals surface area contributed by atoms with Gasteiger partial charge in [-0.05, 0) is 12.5 Å². The van der Waals surface area contributed by atoms with E-state index in [9.17, 15) is 4.79 Å². The normalized spacial score (nSPS) is 9.64. The molecule has 1 aromatic rings. The Balaban J connectivity index is 3.12. The Hall–Kier alpha value is -1.62. The van der Waals surface area contributed by atoms with Crippen LogP contribution in [0.5, 0.6) is 5.75 Å². The van der Waals surface area contributed by atoms with Crippen molar-refractivity contribution in [2.75, 3.05) is 5.48 Å². The van der Waals surface area contributed by atoms with E-state index in [1.165, 1.54) is 13.1 Å². The Labute approximate surface area is 81.7 Å². The number of hydrogen-bond donors (Lipinski definition) is 2. The molecule has 0 aromatic carbocycles. The molecular formula is C9H12N2O3. The van der Waals surface area contributed by atoms with Crippen molar-refractivity contribution in [1.82, 2.24) is 4.98 Å². The Morgan fingerprint density at radius 2 is 2.43 bits per heavy atom. The zero-order valence-corrected chi connectivity index (χ0v) is 8.07. The monoisotopic (exact) mass is 196 g/mol. The van der Waals surface area contributed by atoms with Crippen LogP contribution in [0.15, 0.2) is 12.3 Å². The number of rotatable bonds is 3. The number of carbonyl (C=O) groups is 1. The highest BCUT2D eigenvalue weighted by molar-refractivity contribution is 5.72. The summed E-state index contributed by atoms with van der Waals surface area (Å²) in [6.07, 6.45) is 2.23. The molecule has 1 aromatic heterocycles. The number of anilines is 1. The third-order valence-electron chi connectivity index (χ3n) is 1.72. The van der Waals surface area contributed by atoms with Gasteiger partial charge < -0.3 is 4.74 Å². The summed E-state index contributed by atoms with van der Waals surface area (Å²) >= 11 is 0. The summed E-state index contributed by atoms with van der Waals surface area (Å²) in [7, 11) is 0. The molecule has 0 radical (unpaired) electrons. The molecule has 0 aliphatic heterocycles. The van der Waals surface area contributed by atoms with Gasteiger partial charge in [-0.2, -0.15) is 0 Å². The van der Waals surface area contributed by atoms with E-state index in [1.807, 2.05) is 12.4 Å². The Morgan fingerprint density at radius 3 is 2.93 bits per heavy atom. The number of nitrogens with one attached hydrogen (secondary N) is 1. The highest BCUT2D eigenvalue weighted by Crippen LogP contribution is 2.26. The molecule has 0 aliphatic rings. The van der Waals surface area contributed by atoms with Gasteiger partial charge in [-0.15, -0.1) is 0 Å². The molecule has 0 fully saturated rings. The largest absolute Gasteiger partial charge is 0.422 e. The van der Waals surface area contributed by atoms with Crippen molar-refractivity contribution >= 4 is 11.8 Å². The molecule has 0 unspecified atom stereocenters. The van der Waals surface area contributed by atoms with Crippen LogP contribution in [-0.4, -0.2) is 16.2 Å². The number of pyridine rings is 1. The first-order chi connectivity index (χ1) is 6.69. The second-order valence-corrected chi connectivity index (χ2v) is 2.71. The van der Waals surface area contributed by atoms with Gasteiger partial charge in [0.15, 0.2) is 11.6 Å². The molecule has 0 aliphatic carbocycles. The van der Waals surface area contributed by atoms with Crippen LogP contribution in [0.2, 0.25) is 0 Å². The van der Waals surface area contributed by atoms with Crippen molar-refractivity contribution in [3.05, 3.63) is 17.8 Å². The van der Waals surface area contributed by atoms with Gasteiger partial charge in [0.1, 0.15) is 0 Å². The topological polar surface area (TPSA) is 71.5 Å². The Kier molecular flexibility index (Phi) is 3.41. The number of carbonyl (C=O) groups excluding carboxylic acids is 1. The maximum absolute atomic E-state index is 10.8. The molecule has 76 valence electrons. The molecular weight excluding hydrogens is 184 g/mol. The lowest BCUT2D eigenvalue weighted by Crippen LogP contribution is -2.07. The van der Waals surface area contributed by atoms with Crippen molar-refractivity contribution in [3.63, 3.8) is 0 Å². The molecule has 5 heteroatoms. The van der Waals surface area contributed by atoms with Gasteiger partial charge in [-0.3, -0.25) is 10.0 Å². The van der Waals surface area contributed by atoms with Crippen molar-refractivity contribution in [2.45, 2.75) is 20.3 Å². The Morgan fingerprint density at radius 1 is 1.71 bits per heavy atom. The van der Waals surface area contributed by atoms with Crippen LogP contribution >= 0.6 is 0 Å². The second-order valence-electron chi connectivity index (χ2n) is 2.71. The molecule has 14 heavy (non-hydrogen) atoms. The zero-order valence-electron chi connectivity index (χ0n) is 8.07. The van der Waals surface area contributed by atoms with Crippen molar-refractivity contribution in [1.29, 1.82) is 0 Å². The number of aromatic nitrogens is 1. The number of hydrogen-bond acceptors (Lipinski definition) is 5. The van der Waals surface area contributed by atoms with E-state index in [0.29, 0.717) is 6.42 Å². The fraction of sp³-hybridized carbons (Fsp3) is 0.333. The summed E-state index contributed by atoms with van der Waals surface area (Å²) in [5, 5.41) is 8.75. The lowest BCUT2D eigenvalue weighted by molar-refractivity contribution is -0.131. The molecule has 5 nitrogen and oxygen atoms in total. The summed E-state index contributed by atoms with van der Waals surface area (Å²) in [6, 6.07) is 1.74. The summed E-state index contributed by atoms with van der Waals surface area (Å²) in [5.41, 5.74) is 2.70. The van der Waals surface area contributed by atoms with Crippen LogP contribution < -0.4 is 10.2 Å². The standard InChI is InChI=1S/C9H12N2O3/c1-3-7-4-5-10-9(11-13)8(7)14-6(2)12/h4-5,13H,3H2,1-2H3,(H,10,11). The van der Waals surface area contributed by atoms with Crippen LogP contribution in [0.3, 0.4) is 0 Å². The van der Waals surface area contributed by atoms with Crippen LogP contribution in [0.25, 0.3) is 0 Å². The minimum Gasteiger partial charge on any atom is -0.422 e. The number of aryl methyl sites for hydroxylation is 1. The van der Waals surface area contributed by atoms with E-state index in [4.69, 9.17) is 9.94 Å². The van der Waals surface area contributed by atoms with Crippen LogP contribution in [0.4, 0.5) is 5.82 Å². The SMILES string of the molecule is CCc1ccnc(NO)c1OC(C)=O. The quantitative estimate of drug-likeness (QED) is 0.564. The van der Waals surface area contributed by atoms with Gasteiger partial charge in [0.25, 0.3) is 0 Å². The average Bonchev–Trinajstić information content (AvgIpc) is 2.17. The van der Waals surface area contributed by atoms with Gasteiger partial charge in [0.05, 0.1) is 0 Å². The second kappa shape index (κ2) is 4.57. The van der Waals surface area contributed by atoms with Gasteiger partial charge in [0, 0.05) is 18.7 Å². The number of nitrogens with zero attached hydrogens (tertiary/aromatic N) is 1. The molecule has 0 atom stereocenters. The predicted octanol–water partition coefficient (Wildman–Crippen LogP) is 1.37. The molecule has 1 rings (SSSR count). The van der Waals surface area contributed by atoms with Crippen molar-refractivity contribution in [2.24, 2.45) is 0 Å². The van der Waals surface area contributed by atoms with Gasteiger partial charge in [-0.25, -0.2) is 10.5 Å². The summed E-state index contributed by atoms with van der Waals surface area (Å²) < 4.78 is 4.93. The van der Waals surface area contributed by atoms with Crippen molar-refractivity contribution < 1.29 is 14.7 Å². The molecule has 0 amide bonds. The third-order valence-corrected chi connectivity index (χ3v) is 1.72. The Bertz CT molecular complexity index is 317. The van der Waals surface area contributed by atoms with E-state index >= 15 is 0 Å². The fourth-order valence-electron chi connectivity index (χ4n) is 1.10. The van der Waals surface area contributed by atoms with E-state index in [2.05, 4.69) is 4.98 Å². The third kappa shape index (κ3) is 2.20. The fourth-order valence-corrected chi connectivity index (χ4v) is 1.10. The molecule has 1 heterocycles. The van der Waals surface area contributed by atoms with Crippen LogP contribution in [0.1, 0.15) is 19.4 Å². The van der Waals surface area contributed by atoms with Gasteiger partial charge >= 0.3 is 5.97 Å². The maximum atomic E-state index is 10.8. The first kappa shape index (κ1) is 10.5. The smallest absolute Gasteiger partial charge is 0.308 e. The summed E-state index contributed by atoms with van der Waals surface area (Å²) in [5.74, 6) is -0.00579. The molecule has 2 N–H and O–H groups in total. The minimum atomic E-state index is -0.441. The first-order valence-electron chi connectivity index (χ1n) is 4.25. The summed E-state index contributed by atoms with van der Waals surface area (Å²) in [4.78, 5) is 14.6. The van der Waals surface area contributed by atoms with E-state index in [1.54, 1.807) is 6.07 Å². The molecule has 0 saturated carbocycles. The highest BCUT2D eigenvalue weighted by atomic mass is 16.5. The zero-order chi connectivity index (χ0) is 10.6. The van der Waals surface area contributed by atoms with Gasteiger partial charge in [0.2, 0.25) is 0 Å². The van der Waals surface area contributed by atoms with E-state index < -0.39 is 5.97 Å². The lowest BCUT2D eigenvalue weighted by Gasteiger charge is -2.10. The molecule has 0 spiro atoms. The maximum Gasteiger partial charge on any atom is 0.308 e. The van der Waals surface area contributed by atoms with E-state index in [-0.39, 0.29) is 11.6 Å². The predicted molar refractivity (Wildman–Crippen MR) is 50.3 cm³/mol. The lowest BCUT2D eigenvalue weighted by atomic mass is 10.2. The first-order valence-corrected chi connectivity index (χ1v) is 4.25. The summed E-state index contributed by atoms with van der Waals surface area (Å²) in [6.45, 7) is 3.22. The number of ether oxygens (including phenoxy) is 1. The van der Waals surface area contributed by atoms with Crippen LogP contribution in [0, 0.1) is 0 Å². The van der Waals surface area contributed by atoms with E-state index in [0.717, 1.165) is 5.56 Å². The molecule has 0 bridgehead atoms. The number of esters is 1.